The Morgan fingerprint density at radius 1 is 1.26 bits per heavy atom. The third-order valence-corrected chi connectivity index (χ3v) is 4.50. The van der Waals surface area contributed by atoms with Gasteiger partial charge in [0, 0.05) is 30.5 Å². The number of amides is 2. The van der Waals surface area contributed by atoms with E-state index in [1.165, 1.54) is 0 Å². The maximum absolute atomic E-state index is 12.6. The number of rotatable bonds is 6. The third kappa shape index (κ3) is 4.13. The number of hydrogen-bond acceptors (Lipinski definition) is 4. The van der Waals surface area contributed by atoms with Crippen LogP contribution in [0, 0.1) is 12.8 Å². The van der Waals surface area contributed by atoms with Crippen LogP contribution in [0.4, 0.5) is 5.69 Å². The summed E-state index contributed by atoms with van der Waals surface area (Å²) >= 11 is 0. The molecule has 2 heterocycles. The van der Waals surface area contributed by atoms with Crippen molar-refractivity contribution < 1.29 is 9.59 Å². The van der Waals surface area contributed by atoms with Gasteiger partial charge >= 0.3 is 0 Å². The fraction of sp³-hybridized carbons (Fsp3) is 0.300. The van der Waals surface area contributed by atoms with Crippen molar-refractivity contribution in [1.82, 2.24) is 19.9 Å². The normalized spacial score (nSPS) is 12.0. The Morgan fingerprint density at radius 2 is 2.07 bits per heavy atom. The van der Waals surface area contributed by atoms with Crippen molar-refractivity contribution in [2.75, 3.05) is 5.32 Å². The average molecular weight is 365 g/mol. The first-order valence-electron chi connectivity index (χ1n) is 8.97. The molecule has 7 nitrogen and oxygen atoms in total. The van der Waals surface area contributed by atoms with Crippen LogP contribution in [0.1, 0.15) is 41.9 Å². The van der Waals surface area contributed by atoms with Gasteiger partial charge in [-0.3, -0.25) is 9.59 Å². The Kier molecular flexibility index (Phi) is 5.49. The fourth-order valence-corrected chi connectivity index (χ4v) is 2.74. The smallest absolute Gasteiger partial charge is 0.257 e. The summed E-state index contributed by atoms with van der Waals surface area (Å²) in [7, 11) is 0. The van der Waals surface area contributed by atoms with Crippen LogP contribution in [-0.2, 0) is 11.3 Å². The van der Waals surface area contributed by atoms with E-state index in [4.69, 9.17) is 0 Å². The summed E-state index contributed by atoms with van der Waals surface area (Å²) in [4.78, 5) is 28.9. The number of carbonyl (C=O) groups is 2. The zero-order chi connectivity index (χ0) is 19.4. The summed E-state index contributed by atoms with van der Waals surface area (Å²) in [6, 6.07) is 9.23. The lowest BCUT2D eigenvalue weighted by Gasteiger charge is -2.11. The van der Waals surface area contributed by atoms with E-state index in [2.05, 4.69) is 20.7 Å². The van der Waals surface area contributed by atoms with Gasteiger partial charge in [0.2, 0.25) is 5.91 Å². The zero-order valence-electron chi connectivity index (χ0n) is 15.7. The molecule has 0 radical (unpaired) electrons. The number of nitrogens with zero attached hydrogens (tertiary/aromatic N) is 3. The molecule has 2 amide bonds. The Balaban J connectivity index is 1.69. The second kappa shape index (κ2) is 7.99. The van der Waals surface area contributed by atoms with Crippen LogP contribution in [-0.4, -0.2) is 26.4 Å². The van der Waals surface area contributed by atoms with E-state index < -0.39 is 0 Å². The minimum absolute atomic E-state index is 0.00765. The number of carbonyl (C=O) groups excluding carboxylic acids is 2. The monoisotopic (exact) mass is 365 g/mol. The zero-order valence-corrected chi connectivity index (χ0v) is 15.7. The van der Waals surface area contributed by atoms with Crippen molar-refractivity contribution in [2.24, 2.45) is 5.92 Å². The van der Waals surface area contributed by atoms with Gasteiger partial charge in [0.05, 0.1) is 5.69 Å². The van der Waals surface area contributed by atoms with Crippen molar-refractivity contribution in [3.8, 4) is 0 Å². The Labute approximate surface area is 157 Å². The minimum Gasteiger partial charge on any atom is -0.348 e. The lowest BCUT2D eigenvalue weighted by Crippen LogP contribution is -2.24. The number of aromatic nitrogens is 3. The lowest BCUT2D eigenvalue weighted by molar-refractivity contribution is -0.119. The van der Waals surface area contributed by atoms with Crippen molar-refractivity contribution in [3.63, 3.8) is 0 Å². The lowest BCUT2D eigenvalue weighted by atomic mass is 10.1. The second-order valence-electron chi connectivity index (χ2n) is 6.53. The molecule has 0 fully saturated rings. The highest BCUT2D eigenvalue weighted by Crippen LogP contribution is 2.15. The van der Waals surface area contributed by atoms with Crippen LogP contribution in [0.2, 0.25) is 0 Å². The van der Waals surface area contributed by atoms with Crippen LogP contribution in [0.5, 0.6) is 0 Å². The van der Waals surface area contributed by atoms with Gasteiger partial charge in [0.15, 0.2) is 5.65 Å². The number of fused-ring (bicyclic) bond motifs is 1. The van der Waals surface area contributed by atoms with E-state index in [1.807, 2.05) is 38.1 Å². The molecular formula is C20H23N5O2. The second-order valence-corrected chi connectivity index (χ2v) is 6.53. The summed E-state index contributed by atoms with van der Waals surface area (Å²) in [6.07, 6.45) is 4.18. The van der Waals surface area contributed by atoms with Gasteiger partial charge in [-0.25, -0.2) is 9.50 Å². The quantitative estimate of drug-likeness (QED) is 0.703. The fourth-order valence-electron chi connectivity index (χ4n) is 2.74. The molecule has 0 saturated carbocycles. The van der Waals surface area contributed by atoms with E-state index >= 15 is 0 Å². The summed E-state index contributed by atoms with van der Waals surface area (Å²) in [6.45, 7) is 6.00. The van der Waals surface area contributed by atoms with Gasteiger partial charge in [-0.2, -0.15) is 5.10 Å². The highest BCUT2D eigenvalue weighted by atomic mass is 16.2. The molecule has 1 aromatic carbocycles. The van der Waals surface area contributed by atoms with Gasteiger partial charge < -0.3 is 10.6 Å². The van der Waals surface area contributed by atoms with Crippen molar-refractivity contribution >= 4 is 23.1 Å². The van der Waals surface area contributed by atoms with E-state index in [-0.39, 0.29) is 17.7 Å². The SMILES string of the molecule is CCC(C)C(=O)Nc1cccc(CNC(=O)c2c(C)nn3cccnc23)c1. The standard InChI is InChI=1S/C20H23N5O2/c1-4-13(2)19(26)23-16-8-5-7-15(11-16)12-22-20(27)17-14(3)24-25-10-6-9-21-18(17)25/h5-11,13H,4,12H2,1-3H3,(H,22,27)(H,23,26). The molecule has 2 N–H and O–H groups in total. The van der Waals surface area contributed by atoms with Crippen LogP contribution in [0.25, 0.3) is 5.65 Å². The molecule has 0 aliphatic carbocycles. The van der Waals surface area contributed by atoms with Gasteiger partial charge in [-0.05, 0) is 37.1 Å². The van der Waals surface area contributed by atoms with E-state index in [0.29, 0.717) is 23.4 Å². The molecule has 27 heavy (non-hydrogen) atoms. The predicted octanol–water partition coefficient (Wildman–Crippen LogP) is 2.95. The molecule has 3 rings (SSSR count). The molecule has 0 bridgehead atoms. The molecule has 7 heteroatoms. The molecule has 2 aromatic heterocycles. The van der Waals surface area contributed by atoms with Gasteiger partial charge in [0.1, 0.15) is 5.56 Å². The third-order valence-electron chi connectivity index (χ3n) is 4.50. The van der Waals surface area contributed by atoms with Gasteiger partial charge in [0.25, 0.3) is 5.91 Å². The Hall–Kier alpha value is -3.22. The Bertz CT molecular complexity index is 979. The highest BCUT2D eigenvalue weighted by Gasteiger charge is 2.17. The molecule has 3 aromatic rings. The Morgan fingerprint density at radius 3 is 2.85 bits per heavy atom. The van der Waals surface area contributed by atoms with Gasteiger partial charge in [-0.15, -0.1) is 0 Å². The first-order valence-corrected chi connectivity index (χ1v) is 8.97. The van der Waals surface area contributed by atoms with Crippen molar-refractivity contribution in [3.05, 3.63) is 59.5 Å². The minimum atomic E-state index is -0.227. The van der Waals surface area contributed by atoms with E-state index in [9.17, 15) is 9.59 Å². The largest absolute Gasteiger partial charge is 0.348 e. The molecular weight excluding hydrogens is 342 g/mol. The summed E-state index contributed by atoms with van der Waals surface area (Å²) < 4.78 is 1.59. The molecule has 140 valence electrons. The molecule has 1 unspecified atom stereocenters. The molecule has 0 saturated heterocycles. The first-order chi connectivity index (χ1) is 13.0. The number of benzene rings is 1. The maximum Gasteiger partial charge on any atom is 0.257 e. The number of anilines is 1. The van der Waals surface area contributed by atoms with Crippen LogP contribution in [0.3, 0.4) is 0 Å². The molecule has 1 atom stereocenters. The van der Waals surface area contributed by atoms with Crippen molar-refractivity contribution in [1.29, 1.82) is 0 Å². The van der Waals surface area contributed by atoms with E-state index in [0.717, 1.165) is 17.7 Å². The first kappa shape index (κ1) is 18.6. The van der Waals surface area contributed by atoms with Crippen LogP contribution >= 0.6 is 0 Å². The summed E-state index contributed by atoms with van der Waals surface area (Å²) in [5.74, 6) is -0.276. The molecule has 0 aliphatic heterocycles. The van der Waals surface area contributed by atoms with Crippen LogP contribution < -0.4 is 10.6 Å². The highest BCUT2D eigenvalue weighted by molar-refractivity contribution is 6.01. The van der Waals surface area contributed by atoms with Crippen molar-refractivity contribution in [2.45, 2.75) is 33.7 Å². The predicted molar refractivity (Wildman–Crippen MR) is 103 cm³/mol. The number of aryl methyl sites for hydroxylation is 1. The number of hydrogen-bond donors (Lipinski definition) is 2. The molecule has 0 spiro atoms. The summed E-state index contributed by atoms with van der Waals surface area (Å²) in [5, 5.41) is 10.1. The summed E-state index contributed by atoms with van der Waals surface area (Å²) in [5.41, 5.74) is 3.24. The average Bonchev–Trinajstić information content (AvgIpc) is 3.01. The van der Waals surface area contributed by atoms with Gasteiger partial charge in [-0.1, -0.05) is 26.0 Å². The van der Waals surface area contributed by atoms with E-state index in [1.54, 1.807) is 29.9 Å². The topological polar surface area (TPSA) is 88.4 Å². The van der Waals surface area contributed by atoms with Crippen LogP contribution in [0.15, 0.2) is 42.7 Å². The maximum atomic E-state index is 12.6. The molecule has 0 aliphatic rings. The number of nitrogens with one attached hydrogen (secondary N) is 2.